The zero-order valence-corrected chi connectivity index (χ0v) is 29.6. The Morgan fingerprint density at radius 3 is 1.23 bits per heavy atom. The van der Waals surface area contributed by atoms with Crippen molar-refractivity contribution in [3.63, 3.8) is 0 Å². The Morgan fingerprint density at radius 1 is 0.362 bits per heavy atom. The quantitative estimate of drug-likeness (QED) is 0.286. The van der Waals surface area contributed by atoms with E-state index in [1.165, 1.54) is 176 Å². The lowest BCUT2D eigenvalue weighted by Crippen LogP contribution is -2.38. The lowest BCUT2D eigenvalue weighted by molar-refractivity contribution is 0.432. The highest BCUT2D eigenvalue weighted by molar-refractivity contribution is 6.75. The van der Waals surface area contributed by atoms with Gasteiger partial charge in [0.05, 0.1) is 0 Å². The summed E-state index contributed by atoms with van der Waals surface area (Å²) in [6, 6.07) is 18.9. The molecule has 4 aliphatic carbocycles. The van der Waals surface area contributed by atoms with Crippen molar-refractivity contribution >= 4 is 18.0 Å². The minimum absolute atomic E-state index is 0.00358. The van der Waals surface area contributed by atoms with Crippen LogP contribution in [0.2, 0.25) is 0 Å². The van der Waals surface area contributed by atoms with Crippen molar-refractivity contribution in [2.24, 2.45) is 0 Å². The first-order valence-electron chi connectivity index (χ1n) is 20.0. The van der Waals surface area contributed by atoms with Gasteiger partial charge in [-0.25, -0.2) is 0 Å². The van der Waals surface area contributed by atoms with Gasteiger partial charge in [0.2, 0.25) is 0 Å². The number of benzene rings is 2. The van der Waals surface area contributed by atoms with E-state index in [1.54, 1.807) is 38.9 Å². The molecule has 0 spiro atoms. The van der Waals surface area contributed by atoms with E-state index in [4.69, 9.17) is 4.65 Å². The number of rotatable bonds is 1. The first-order valence-corrected chi connectivity index (χ1v) is 20.0. The highest BCUT2D eigenvalue weighted by atomic mass is 16.4. The molecule has 1 aliphatic heterocycles. The van der Waals surface area contributed by atoms with Gasteiger partial charge in [-0.05, 0) is 152 Å². The molecule has 0 atom stereocenters. The third kappa shape index (κ3) is 7.24. The molecule has 2 heteroatoms. The zero-order valence-electron chi connectivity index (χ0n) is 29.6. The first kappa shape index (κ1) is 32.9. The van der Waals surface area contributed by atoms with Crippen molar-refractivity contribution in [2.45, 2.75) is 154 Å². The summed E-state index contributed by atoms with van der Waals surface area (Å²) in [6.07, 6.45) is 31.6. The number of allylic oxidation sites excluding steroid dienone is 8. The molecule has 2 aromatic carbocycles. The van der Waals surface area contributed by atoms with E-state index in [2.05, 4.69) is 48.5 Å². The van der Waals surface area contributed by atoms with E-state index in [9.17, 15) is 0 Å². The molecule has 1 heterocycles. The third-order valence-corrected chi connectivity index (χ3v) is 12.3. The normalized spacial score (nSPS) is 28.5. The first-order chi connectivity index (χ1) is 23.3. The monoisotopic (exact) mass is 626 g/mol. The predicted octanol–water partition coefficient (Wildman–Crippen LogP) is 12.8. The van der Waals surface area contributed by atoms with Crippen LogP contribution in [-0.2, 0) is 4.65 Å². The minimum atomic E-state index is 0.00358. The predicted molar refractivity (Wildman–Crippen MR) is 203 cm³/mol. The van der Waals surface area contributed by atoms with Crippen LogP contribution in [0.1, 0.15) is 160 Å². The van der Waals surface area contributed by atoms with Crippen molar-refractivity contribution < 1.29 is 4.65 Å². The van der Waals surface area contributed by atoms with Crippen LogP contribution in [0.5, 0.6) is 0 Å². The molecule has 0 saturated heterocycles. The van der Waals surface area contributed by atoms with Crippen LogP contribution in [-0.4, -0.2) is 14.0 Å². The average Bonchev–Trinajstić information content (AvgIpc) is 3.05. The molecule has 248 valence electrons. The molecule has 0 N–H and O–H groups in total. The summed E-state index contributed by atoms with van der Waals surface area (Å²) < 4.78 is 6.75. The van der Waals surface area contributed by atoms with Gasteiger partial charge in [-0.3, -0.25) is 0 Å². The largest absolute Gasteiger partial charge is 0.430 e. The second-order valence-corrected chi connectivity index (χ2v) is 15.3. The zero-order chi connectivity index (χ0) is 31.8. The number of hydrogen-bond donors (Lipinski definition) is 0. The van der Waals surface area contributed by atoms with Crippen molar-refractivity contribution in [3.05, 3.63) is 93.0 Å². The SMILES string of the molecule is COB1\C2=C(CCCCCC2)/C2=C(CCCCCC2)\C2=C(CCCCCC2)/C2=C(/CCCCCC2)c2ccccc2-c2ccccc21. The van der Waals surface area contributed by atoms with Crippen molar-refractivity contribution in [1.82, 2.24) is 0 Å². The van der Waals surface area contributed by atoms with Gasteiger partial charge in [-0.1, -0.05) is 117 Å². The van der Waals surface area contributed by atoms with Crippen LogP contribution in [0.3, 0.4) is 0 Å². The molecular weight excluding hydrogens is 567 g/mol. The standard InChI is InChI=1S/C45H59BO/c1-47-46-44-32-17-9-8-16-30-42(44)40-27-15-7-6-14-26-38(40)36-24-12-4-2-10-22-34(36)35-23-11-3-5-13-25-37(35)39-28-18-19-29-41(39)43-31-20-21-33-45(43)46/h18-21,28-29,31,33H,2-17,22-27,30,32H2,1H3/b36-34-,37-35-,40-38-,44-42-. The Kier molecular flexibility index (Phi) is 11.4. The van der Waals surface area contributed by atoms with E-state index in [1.807, 2.05) is 12.7 Å². The molecule has 7 rings (SSSR count). The van der Waals surface area contributed by atoms with Gasteiger partial charge in [0.25, 0.3) is 0 Å². The van der Waals surface area contributed by atoms with Gasteiger partial charge in [-0.15, -0.1) is 0 Å². The fraction of sp³-hybridized carbons (Fsp3) is 0.556. The molecular formula is C45H59BO. The molecule has 0 aromatic heterocycles. The fourth-order valence-corrected chi connectivity index (χ4v) is 10.1. The Labute approximate surface area is 287 Å². The molecule has 47 heavy (non-hydrogen) atoms. The topological polar surface area (TPSA) is 9.23 Å². The molecule has 1 nitrogen and oxygen atoms in total. The minimum Gasteiger partial charge on any atom is -0.430 e. The van der Waals surface area contributed by atoms with Crippen LogP contribution < -0.4 is 5.46 Å². The van der Waals surface area contributed by atoms with Crippen molar-refractivity contribution in [1.29, 1.82) is 0 Å². The Bertz CT molecular complexity index is 1530. The van der Waals surface area contributed by atoms with E-state index in [0.717, 1.165) is 0 Å². The lowest BCUT2D eigenvalue weighted by atomic mass is 9.49. The van der Waals surface area contributed by atoms with Crippen LogP contribution in [0, 0.1) is 0 Å². The van der Waals surface area contributed by atoms with E-state index >= 15 is 0 Å². The number of fused-ring (bicyclic) bond motifs is 7. The Morgan fingerprint density at radius 2 is 0.723 bits per heavy atom. The third-order valence-electron chi connectivity index (χ3n) is 12.3. The fourth-order valence-electron chi connectivity index (χ4n) is 10.1. The Balaban J connectivity index is 1.63. The molecule has 0 fully saturated rings. The summed E-state index contributed by atoms with van der Waals surface area (Å²) in [5.41, 5.74) is 19.6. The van der Waals surface area contributed by atoms with Crippen LogP contribution in [0.4, 0.5) is 0 Å². The summed E-state index contributed by atoms with van der Waals surface area (Å²) in [6.45, 7) is 0.00358. The molecule has 0 unspecified atom stereocenters. The van der Waals surface area contributed by atoms with E-state index < -0.39 is 0 Å². The average molecular weight is 627 g/mol. The van der Waals surface area contributed by atoms with Gasteiger partial charge < -0.3 is 4.65 Å². The van der Waals surface area contributed by atoms with E-state index in [0.29, 0.717) is 0 Å². The molecule has 0 saturated carbocycles. The van der Waals surface area contributed by atoms with Gasteiger partial charge in [0.15, 0.2) is 0 Å². The van der Waals surface area contributed by atoms with E-state index in [-0.39, 0.29) is 6.92 Å². The van der Waals surface area contributed by atoms with Gasteiger partial charge >= 0.3 is 6.92 Å². The van der Waals surface area contributed by atoms with Crippen molar-refractivity contribution in [2.75, 3.05) is 7.11 Å². The second kappa shape index (κ2) is 16.2. The molecule has 0 radical (unpaired) electrons. The molecule has 0 amide bonds. The lowest BCUT2D eigenvalue weighted by Gasteiger charge is -2.31. The van der Waals surface area contributed by atoms with Gasteiger partial charge in [-0.2, -0.15) is 0 Å². The van der Waals surface area contributed by atoms with Gasteiger partial charge in [0, 0.05) is 7.11 Å². The Hall–Kier alpha value is -2.58. The summed E-state index contributed by atoms with van der Waals surface area (Å²) in [5, 5.41) is 0. The van der Waals surface area contributed by atoms with Gasteiger partial charge in [0.1, 0.15) is 0 Å². The molecule has 5 aliphatic rings. The highest BCUT2D eigenvalue weighted by Gasteiger charge is 2.33. The maximum atomic E-state index is 6.75. The smallest absolute Gasteiger partial charge is 0.358 e. The summed E-state index contributed by atoms with van der Waals surface area (Å²) in [4.78, 5) is 0. The molecule has 0 bridgehead atoms. The van der Waals surface area contributed by atoms with Crippen molar-refractivity contribution in [3.8, 4) is 11.1 Å². The highest BCUT2D eigenvalue weighted by Crippen LogP contribution is 2.47. The summed E-state index contributed by atoms with van der Waals surface area (Å²) in [7, 11) is 1.99. The maximum absolute atomic E-state index is 6.75. The van der Waals surface area contributed by atoms with Crippen LogP contribution in [0.15, 0.2) is 87.4 Å². The maximum Gasteiger partial charge on any atom is 0.358 e. The van der Waals surface area contributed by atoms with Crippen LogP contribution >= 0.6 is 0 Å². The second-order valence-electron chi connectivity index (χ2n) is 15.3. The molecule has 2 aromatic rings. The summed E-state index contributed by atoms with van der Waals surface area (Å²) in [5.74, 6) is 0. The van der Waals surface area contributed by atoms with Crippen LogP contribution in [0.25, 0.3) is 16.7 Å². The summed E-state index contributed by atoms with van der Waals surface area (Å²) >= 11 is 0. The number of hydrogen-bond acceptors (Lipinski definition) is 1.